The van der Waals surface area contributed by atoms with Gasteiger partial charge in [-0.3, -0.25) is 0 Å². The van der Waals surface area contributed by atoms with Crippen LogP contribution in [0.15, 0.2) is 18.2 Å². The van der Waals surface area contributed by atoms with Gasteiger partial charge in [-0.25, -0.2) is 0 Å². The van der Waals surface area contributed by atoms with Crippen LogP contribution in [0.1, 0.15) is 37.9 Å². The maximum Gasteiger partial charge on any atom is 0.119 e. The molecule has 2 unspecified atom stereocenters. The quantitative estimate of drug-likeness (QED) is 0.856. The third-order valence-electron chi connectivity index (χ3n) is 3.55. The van der Waals surface area contributed by atoms with Gasteiger partial charge in [0.05, 0.1) is 19.3 Å². The molecule has 2 atom stereocenters. The van der Waals surface area contributed by atoms with Crippen LogP contribution in [0.5, 0.6) is 5.75 Å². The van der Waals surface area contributed by atoms with E-state index >= 15 is 0 Å². The van der Waals surface area contributed by atoms with Crippen molar-refractivity contribution in [2.24, 2.45) is 5.92 Å². The molecule has 0 saturated carbocycles. The molecular weight excluding hydrogens is 238 g/mol. The molecule has 2 rings (SSSR count). The molecule has 1 aliphatic carbocycles. The Hall–Kier alpha value is -1.06. The lowest BCUT2D eigenvalue weighted by Crippen LogP contribution is -2.31. The summed E-state index contributed by atoms with van der Waals surface area (Å²) < 4.78 is 11.4. The number of nitrogens with one attached hydrogen (secondary N) is 1. The Balaban J connectivity index is 2.16. The van der Waals surface area contributed by atoms with E-state index in [-0.39, 0.29) is 12.1 Å². The number of methoxy groups -OCH3 is 1. The molecule has 1 aromatic carbocycles. The van der Waals surface area contributed by atoms with E-state index < -0.39 is 0 Å². The molecule has 0 bridgehead atoms. The Labute approximate surface area is 116 Å². The van der Waals surface area contributed by atoms with Gasteiger partial charge in [0.15, 0.2) is 0 Å². The molecule has 3 nitrogen and oxygen atoms in total. The van der Waals surface area contributed by atoms with Gasteiger partial charge in [-0.05, 0) is 35.7 Å². The number of benzene rings is 1. The molecule has 0 aromatic heterocycles. The van der Waals surface area contributed by atoms with E-state index in [9.17, 15) is 0 Å². The minimum Gasteiger partial charge on any atom is -0.497 e. The largest absolute Gasteiger partial charge is 0.497 e. The minimum atomic E-state index is 0.240. The monoisotopic (exact) mass is 263 g/mol. The van der Waals surface area contributed by atoms with Crippen LogP contribution in [-0.2, 0) is 11.2 Å². The second-order valence-electron chi connectivity index (χ2n) is 5.57. The molecule has 0 heterocycles. The molecule has 106 valence electrons. The van der Waals surface area contributed by atoms with Gasteiger partial charge in [0.1, 0.15) is 5.75 Å². The average molecular weight is 263 g/mol. The fourth-order valence-corrected chi connectivity index (χ4v) is 2.64. The molecule has 1 aliphatic rings. The standard InChI is InChI=1S/C16H25NO2/c1-5-17-16-14-9-13(18-4)7-6-12(14)8-15(16)19-10-11(2)3/h6-7,9,11,15-17H,5,8,10H2,1-4H3. The van der Waals surface area contributed by atoms with Crippen LogP contribution < -0.4 is 10.1 Å². The summed E-state index contributed by atoms with van der Waals surface area (Å²) in [6.45, 7) is 8.28. The van der Waals surface area contributed by atoms with E-state index in [0.29, 0.717) is 5.92 Å². The fourth-order valence-electron chi connectivity index (χ4n) is 2.64. The second kappa shape index (κ2) is 6.40. The van der Waals surface area contributed by atoms with Gasteiger partial charge in [-0.2, -0.15) is 0 Å². The van der Waals surface area contributed by atoms with E-state index in [4.69, 9.17) is 9.47 Å². The summed E-state index contributed by atoms with van der Waals surface area (Å²) in [6.07, 6.45) is 1.23. The number of rotatable bonds is 6. The number of ether oxygens (including phenoxy) is 2. The topological polar surface area (TPSA) is 30.5 Å². The SMILES string of the molecule is CCNC1c2cc(OC)ccc2CC1OCC(C)C. The van der Waals surface area contributed by atoms with Crippen LogP contribution in [-0.4, -0.2) is 26.4 Å². The van der Waals surface area contributed by atoms with Crippen molar-refractivity contribution < 1.29 is 9.47 Å². The highest BCUT2D eigenvalue weighted by Gasteiger charge is 2.33. The summed E-state index contributed by atoms with van der Waals surface area (Å²) >= 11 is 0. The lowest BCUT2D eigenvalue weighted by atomic mass is 10.1. The summed E-state index contributed by atoms with van der Waals surface area (Å²) in [5.41, 5.74) is 2.70. The first-order chi connectivity index (χ1) is 9.15. The lowest BCUT2D eigenvalue weighted by Gasteiger charge is -2.22. The molecule has 1 N–H and O–H groups in total. The second-order valence-corrected chi connectivity index (χ2v) is 5.57. The third kappa shape index (κ3) is 3.28. The molecule has 0 fully saturated rings. The number of likely N-dealkylation sites (N-methyl/N-ethyl adjacent to an activating group) is 1. The Kier molecular flexibility index (Phi) is 4.83. The van der Waals surface area contributed by atoms with Gasteiger partial charge in [0.25, 0.3) is 0 Å². The van der Waals surface area contributed by atoms with Crippen LogP contribution in [0.4, 0.5) is 0 Å². The molecule has 3 heteroatoms. The highest BCUT2D eigenvalue weighted by atomic mass is 16.5. The summed E-state index contributed by atoms with van der Waals surface area (Å²) in [5.74, 6) is 1.49. The van der Waals surface area contributed by atoms with Crippen molar-refractivity contribution in [1.82, 2.24) is 5.32 Å². The minimum absolute atomic E-state index is 0.240. The van der Waals surface area contributed by atoms with Gasteiger partial charge in [-0.15, -0.1) is 0 Å². The summed E-state index contributed by atoms with van der Waals surface area (Å²) in [5, 5.41) is 3.55. The highest BCUT2D eigenvalue weighted by Crippen LogP contribution is 2.35. The van der Waals surface area contributed by atoms with E-state index in [1.54, 1.807) is 7.11 Å². The number of fused-ring (bicyclic) bond motifs is 1. The van der Waals surface area contributed by atoms with Crippen molar-refractivity contribution in [2.75, 3.05) is 20.3 Å². The van der Waals surface area contributed by atoms with Crippen molar-refractivity contribution in [3.05, 3.63) is 29.3 Å². The van der Waals surface area contributed by atoms with Crippen molar-refractivity contribution in [2.45, 2.75) is 39.3 Å². The molecule has 0 radical (unpaired) electrons. The van der Waals surface area contributed by atoms with Gasteiger partial charge in [0, 0.05) is 13.0 Å². The van der Waals surface area contributed by atoms with Crippen LogP contribution >= 0.6 is 0 Å². The molecule has 0 amide bonds. The van der Waals surface area contributed by atoms with Crippen molar-refractivity contribution in [1.29, 1.82) is 0 Å². The lowest BCUT2D eigenvalue weighted by molar-refractivity contribution is 0.0196. The highest BCUT2D eigenvalue weighted by molar-refractivity contribution is 5.42. The van der Waals surface area contributed by atoms with Crippen LogP contribution in [0, 0.1) is 5.92 Å². The Bertz CT molecular complexity index is 417. The first kappa shape index (κ1) is 14.4. The first-order valence-electron chi connectivity index (χ1n) is 7.17. The average Bonchev–Trinajstić information content (AvgIpc) is 2.74. The van der Waals surface area contributed by atoms with Gasteiger partial charge < -0.3 is 14.8 Å². The van der Waals surface area contributed by atoms with Gasteiger partial charge in [-0.1, -0.05) is 26.8 Å². The summed E-state index contributed by atoms with van der Waals surface area (Å²) in [6, 6.07) is 6.62. The molecule has 1 aromatic rings. The van der Waals surface area contributed by atoms with Crippen LogP contribution in [0.25, 0.3) is 0 Å². The van der Waals surface area contributed by atoms with E-state index in [1.807, 2.05) is 6.07 Å². The van der Waals surface area contributed by atoms with Crippen molar-refractivity contribution in [3.63, 3.8) is 0 Å². The first-order valence-corrected chi connectivity index (χ1v) is 7.17. The van der Waals surface area contributed by atoms with Crippen molar-refractivity contribution in [3.8, 4) is 5.75 Å². The summed E-state index contributed by atoms with van der Waals surface area (Å²) in [7, 11) is 1.71. The smallest absolute Gasteiger partial charge is 0.119 e. The predicted octanol–water partition coefficient (Wildman–Crippen LogP) is 2.94. The van der Waals surface area contributed by atoms with Crippen molar-refractivity contribution >= 4 is 0 Å². The van der Waals surface area contributed by atoms with E-state index in [0.717, 1.165) is 25.3 Å². The molecular formula is C16H25NO2. The number of hydrogen-bond acceptors (Lipinski definition) is 3. The zero-order chi connectivity index (χ0) is 13.8. The Morgan fingerprint density at radius 1 is 1.37 bits per heavy atom. The Morgan fingerprint density at radius 2 is 2.16 bits per heavy atom. The maximum absolute atomic E-state index is 6.08. The van der Waals surface area contributed by atoms with E-state index in [2.05, 4.69) is 38.2 Å². The third-order valence-corrected chi connectivity index (χ3v) is 3.55. The number of hydrogen-bond donors (Lipinski definition) is 1. The molecule has 0 spiro atoms. The molecule has 19 heavy (non-hydrogen) atoms. The van der Waals surface area contributed by atoms with E-state index in [1.165, 1.54) is 11.1 Å². The maximum atomic E-state index is 6.08. The van der Waals surface area contributed by atoms with Gasteiger partial charge >= 0.3 is 0 Å². The fraction of sp³-hybridized carbons (Fsp3) is 0.625. The Morgan fingerprint density at radius 3 is 2.79 bits per heavy atom. The molecule has 0 saturated heterocycles. The zero-order valence-electron chi connectivity index (χ0n) is 12.4. The summed E-state index contributed by atoms with van der Waals surface area (Å²) in [4.78, 5) is 0. The molecule has 0 aliphatic heterocycles. The van der Waals surface area contributed by atoms with Crippen LogP contribution in [0.3, 0.4) is 0 Å². The van der Waals surface area contributed by atoms with Crippen LogP contribution in [0.2, 0.25) is 0 Å². The zero-order valence-corrected chi connectivity index (χ0v) is 12.4. The van der Waals surface area contributed by atoms with Gasteiger partial charge in [0.2, 0.25) is 0 Å². The predicted molar refractivity (Wildman–Crippen MR) is 77.7 cm³/mol. The normalized spacial score (nSPS) is 21.7.